The second kappa shape index (κ2) is 14.0. The molecule has 0 aliphatic heterocycles. The number of nitrogens with zero attached hydrogens (tertiary/aromatic N) is 3. The molecule has 0 radical (unpaired) electrons. The number of hydrogen-bond donors (Lipinski definition) is 1. The number of aromatic nitrogens is 2. The van der Waals surface area contributed by atoms with Gasteiger partial charge in [0.2, 0.25) is 5.91 Å². The van der Waals surface area contributed by atoms with Gasteiger partial charge in [-0.3, -0.25) is 19.6 Å². The minimum Gasteiger partial charge on any atom is -0.469 e. The van der Waals surface area contributed by atoms with Gasteiger partial charge >= 0.3 is 12.1 Å². The Morgan fingerprint density at radius 3 is 2.54 bits per heavy atom. The van der Waals surface area contributed by atoms with Gasteiger partial charge in [-0.05, 0) is 36.5 Å². The van der Waals surface area contributed by atoms with Crippen LogP contribution >= 0.6 is 0 Å². The number of likely N-dealkylation sites (N-methyl/N-ethyl adjacent to an activating group) is 1. The Hall–Kier alpha value is -4.28. The van der Waals surface area contributed by atoms with Gasteiger partial charge in [-0.25, -0.2) is 13.6 Å². The molecule has 208 valence electrons. The number of anilines is 1. The maximum absolute atomic E-state index is 14.0. The predicted octanol–water partition coefficient (Wildman–Crippen LogP) is 4.72. The van der Waals surface area contributed by atoms with E-state index in [1.165, 1.54) is 24.1 Å². The van der Waals surface area contributed by atoms with Crippen molar-refractivity contribution >= 4 is 23.8 Å². The summed E-state index contributed by atoms with van der Waals surface area (Å²) in [5, 5.41) is 6.88. The van der Waals surface area contributed by atoms with Crippen LogP contribution in [0.2, 0.25) is 0 Å². The van der Waals surface area contributed by atoms with E-state index in [2.05, 4.69) is 15.2 Å². The van der Waals surface area contributed by atoms with Gasteiger partial charge in [0.1, 0.15) is 6.61 Å². The molecular weight excluding hydrogens is 510 g/mol. The molecule has 0 aliphatic rings. The topological polar surface area (TPSA) is 103 Å². The van der Waals surface area contributed by atoms with Crippen molar-refractivity contribution in [2.75, 3.05) is 26.1 Å². The SMILES string of the molecule is COC(=O)CCC[C@@H](COC(=O)Nc1cc(-c2ccccc2)n(C)n1)N(C)C(=O)CCc1cccc(F)c1F. The minimum absolute atomic E-state index is 0.00636. The number of hydrogen-bond acceptors (Lipinski definition) is 6. The molecule has 2 amide bonds. The molecule has 1 atom stereocenters. The third-order valence-electron chi connectivity index (χ3n) is 6.31. The van der Waals surface area contributed by atoms with Crippen LogP contribution in [0.25, 0.3) is 11.3 Å². The molecule has 3 rings (SSSR count). The average Bonchev–Trinajstić information content (AvgIpc) is 3.30. The van der Waals surface area contributed by atoms with Crippen LogP contribution in [0.4, 0.5) is 19.4 Å². The molecule has 0 bridgehead atoms. The summed E-state index contributed by atoms with van der Waals surface area (Å²) in [6, 6.07) is 14.5. The molecular formula is C28H32F2N4O5. The number of carbonyl (C=O) groups excluding carboxylic acids is 3. The summed E-state index contributed by atoms with van der Waals surface area (Å²) in [4.78, 5) is 38.3. The Labute approximate surface area is 225 Å². The Balaban J connectivity index is 1.60. The highest BCUT2D eigenvalue weighted by Crippen LogP contribution is 2.22. The number of rotatable bonds is 12. The largest absolute Gasteiger partial charge is 0.469 e. The average molecular weight is 543 g/mol. The minimum atomic E-state index is -0.979. The van der Waals surface area contributed by atoms with E-state index in [-0.39, 0.29) is 37.3 Å². The molecule has 1 aromatic heterocycles. The van der Waals surface area contributed by atoms with E-state index in [0.717, 1.165) is 17.3 Å². The summed E-state index contributed by atoms with van der Waals surface area (Å²) in [6.07, 6.45) is 0.0404. The first-order valence-electron chi connectivity index (χ1n) is 12.5. The van der Waals surface area contributed by atoms with Gasteiger partial charge in [0, 0.05) is 33.0 Å². The smallest absolute Gasteiger partial charge is 0.412 e. The summed E-state index contributed by atoms with van der Waals surface area (Å²) in [7, 11) is 4.58. The number of ether oxygens (including phenoxy) is 2. The number of amides is 2. The summed E-state index contributed by atoms with van der Waals surface area (Å²) < 4.78 is 39.2. The first-order chi connectivity index (χ1) is 18.7. The van der Waals surface area contributed by atoms with Crippen molar-refractivity contribution < 1.29 is 32.6 Å². The van der Waals surface area contributed by atoms with E-state index >= 15 is 0 Å². The monoisotopic (exact) mass is 542 g/mol. The van der Waals surface area contributed by atoms with Crippen LogP contribution in [-0.4, -0.2) is 59.5 Å². The molecule has 0 saturated carbocycles. The fourth-order valence-electron chi connectivity index (χ4n) is 4.06. The van der Waals surface area contributed by atoms with E-state index in [4.69, 9.17) is 4.74 Å². The highest BCUT2D eigenvalue weighted by atomic mass is 19.2. The molecule has 1 heterocycles. The Bertz CT molecular complexity index is 1280. The molecule has 0 aliphatic carbocycles. The number of nitrogens with one attached hydrogen (secondary N) is 1. The number of halogens is 2. The summed E-state index contributed by atoms with van der Waals surface area (Å²) in [5.74, 6) is -2.40. The Morgan fingerprint density at radius 2 is 1.82 bits per heavy atom. The maximum Gasteiger partial charge on any atom is 0.412 e. The summed E-state index contributed by atoms with van der Waals surface area (Å²) in [5.41, 5.74) is 1.82. The van der Waals surface area contributed by atoms with E-state index in [0.29, 0.717) is 18.7 Å². The Kier molecular flexibility index (Phi) is 10.5. The van der Waals surface area contributed by atoms with Crippen LogP contribution in [0.3, 0.4) is 0 Å². The molecule has 9 nitrogen and oxygen atoms in total. The van der Waals surface area contributed by atoms with Crippen molar-refractivity contribution in [2.24, 2.45) is 7.05 Å². The van der Waals surface area contributed by atoms with Crippen LogP contribution in [-0.2, 0) is 32.5 Å². The first kappa shape index (κ1) is 29.3. The van der Waals surface area contributed by atoms with Crippen LogP contribution < -0.4 is 5.32 Å². The van der Waals surface area contributed by atoms with Crippen molar-refractivity contribution in [3.8, 4) is 11.3 Å². The lowest BCUT2D eigenvalue weighted by Gasteiger charge is -2.28. The molecule has 0 saturated heterocycles. The van der Waals surface area contributed by atoms with Gasteiger partial charge in [-0.15, -0.1) is 0 Å². The van der Waals surface area contributed by atoms with Gasteiger partial charge in [0.25, 0.3) is 0 Å². The van der Waals surface area contributed by atoms with Crippen molar-refractivity contribution in [1.82, 2.24) is 14.7 Å². The van der Waals surface area contributed by atoms with E-state index in [9.17, 15) is 23.2 Å². The van der Waals surface area contributed by atoms with Gasteiger partial charge in [-0.2, -0.15) is 5.10 Å². The second-order valence-corrected chi connectivity index (χ2v) is 8.97. The van der Waals surface area contributed by atoms with E-state index in [1.807, 2.05) is 30.3 Å². The summed E-state index contributed by atoms with van der Waals surface area (Å²) >= 11 is 0. The molecule has 0 spiro atoms. The molecule has 1 N–H and O–H groups in total. The molecule has 0 unspecified atom stereocenters. The quantitative estimate of drug-likeness (QED) is 0.333. The van der Waals surface area contributed by atoms with Gasteiger partial charge in [0.05, 0.1) is 18.8 Å². The maximum atomic E-state index is 14.0. The molecule has 2 aromatic carbocycles. The van der Waals surface area contributed by atoms with Crippen molar-refractivity contribution in [3.05, 3.63) is 71.8 Å². The van der Waals surface area contributed by atoms with Crippen LogP contribution in [0.5, 0.6) is 0 Å². The lowest BCUT2D eigenvalue weighted by molar-refractivity contribution is -0.140. The van der Waals surface area contributed by atoms with E-state index in [1.54, 1.807) is 24.8 Å². The van der Waals surface area contributed by atoms with Crippen LogP contribution in [0.15, 0.2) is 54.6 Å². The highest BCUT2D eigenvalue weighted by Gasteiger charge is 2.23. The molecule has 3 aromatic rings. The van der Waals surface area contributed by atoms with Crippen molar-refractivity contribution in [2.45, 2.75) is 38.1 Å². The Morgan fingerprint density at radius 1 is 1.08 bits per heavy atom. The predicted molar refractivity (Wildman–Crippen MR) is 141 cm³/mol. The second-order valence-electron chi connectivity index (χ2n) is 8.97. The van der Waals surface area contributed by atoms with Gasteiger partial charge < -0.3 is 14.4 Å². The fourth-order valence-corrected chi connectivity index (χ4v) is 4.06. The third-order valence-corrected chi connectivity index (χ3v) is 6.31. The lowest BCUT2D eigenvalue weighted by Crippen LogP contribution is -2.41. The number of aryl methyl sites for hydroxylation is 2. The van der Waals surface area contributed by atoms with Crippen LogP contribution in [0, 0.1) is 11.6 Å². The number of carbonyl (C=O) groups is 3. The fraction of sp³-hybridized carbons (Fsp3) is 0.357. The zero-order valence-corrected chi connectivity index (χ0v) is 22.2. The molecule has 11 heteroatoms. The lowest BCUT2D eigenvalue weighted by atomic mass is 10.1. The summed E-state index contributed by atoms with van der Waals surface area (Å²) in [6.45, 7) is -0.151. The molecule has 39 heavy (non-hydrogen) atoms. The standard InChI is InChI=1S/C28H32F2N4O5/c1-33(25(35)16-15-20-11-7-13-22(29)27(20)30)21(12-8-14-26(36)38-3)18-39-28(37)31-24-17-23(34(2)32-24)19-9-5-4-6-10-19/h4-7,9-11,13,17,21H,8,12,14-16,18H2,1-3H3,(H,31,32,37)/t21-/m0/s1. The van der Waals surface area contributed by atoms with Crippen molar-refractivity contribution in [1.29, 1.82) is 0 Å². The third kappa shape index (κ3) is 8.36. The number of benzene rings is 2. The molecule has 0 fully saturated rings. The van der Waals surface area contributed by atoms with E-state index < -0.39 is 29.7 Å². The first-order valence-corrected chi connectivity index (χ1v) is 12.5. The van der Waals surface area contributed by atoms with Crippen molar-refractivity contribution in [3.63, 3.8) is 0 Å². The number of esters is 1. The number of methoxy groups -OCH3 is 1. The normalized spacial score (nSPS) is 11.5. The van der Waals surface area contributed by atoms with Gasteiger partial charge in [0.15, 0.2) is 17.5 Å². The highest BCUT2D eigenvalue weighted by molar-refractivity contribution is 5.84. The van der Waals surface area contributed by atoms with Crippen LogP contribution in [0.1, 0.15) is 31.2 Å². The van der Waals surface area contributed by atoms with Gasteiger partial charge in [-0.1, -0.05) is 42.5 Å². The zero-order chi connectivity index (χ0) is 28.4. The zero-order valence-electron chi connectivity index (χ0n) is 22.2.